The summed E-state index contributed by atoms with van der Waals surface area (Å²) in [5.41, 5.74) is 5.13. The van der Waals surface area contributed by atoms with Crippen LogP contribution in [0, 0.1) is 11.3 Å². The van der Waals surface area contributed by atoms with E-state index in [0.717, 1.165) is 87.6 Å². The number of hydrogen-bond acceptors (Lipinski definition) is 9. The number of carbonyl (C=O) groups is 1. The van der Waals surface area contributed by atoms with Crippen molar-refractivity contribution in [3.05, 3.63) is 173 Å². The molecule has 10 nitrogen and oxygen atoms in total. The molecule has 0 aliphatic carbocycles. The molecule has 9 rings (SSSR count). The van der Waals surface area contributed by atoms with Crippen molar-refractivity contribution in [2.24, 2.45) is 0 Å². The number of ether oxygens (including phenoxy) is 2. The maximum absolute atomic E-state index is 14.1. The fraction of sp³-hybridized carbons (Fsp3) is 0.308. The van der Waals surface area contributed by atoms with Crippen molar-refractivity contribution in [3.63, 3.8) is 0 Å². The highest BCUT2D eigenvalue weighted by Gasteiger charge is 2.38. The molecule has 0 spiro atoms. The Morgan fingerprint density at radius 1 is 0.825 bits per heavy atom. The SMILES string of the molecule is CN1CCC[C@H]1COc1nc2c(c(N3CCN(C(=O)/C=C/COC(c4ccccc4)(c4ccccc4)c4ccccc4)C(CC#N)C3)n1)CCN(c1cccc3cccc(Cl)c13)C2. The first-order valence-corrected chi connectivity index (χ1v) is 22.4. The quantitative estimate of drug-likeness (QED) is 0.0834. The molecule has 0 N–H and O–H groups in total. The standard InChI is InChI=1S/C52H52ClN7O3/c1-57-30-13-23-43(57)37-62-51-55-46-36-58(47-25-12-16-38-15-11-24-45(53)49(38)47)31-28-44(46)50(56-51)59-32-33-60(42(35-59)27-29-54)48(61)26-14-34-63-52(39-17-5-2-6-18-39,40-19-7-3-8-20-40)41-21-9-4-10-22-41/h2-12,14-22,24-26,42-43H,13,23,27-28,30-37H2,1H3/b26-14+/t42?,43-/m0/s1. The number of likely N-dealkylation sites (tertiary alicyclic amines) is 1. The highest BCUT2D eigenvalue weighted by molar-refractivity contribution is 6.36. The highest BCUT2D eigenvalue weighted by atomic mass is 35.5. The molecular formula is C52H52ClN7O3. The van der Waals surface area contributed by atoms with Gasteiger partial charge in [-0.3, -0.25) is 4.79 Å². The molecule has 1 amide bonds. The molecule has 2 atom stereocenters. The lowest BCUT2D eigenvalue weighted by Gasteiger charge is -2.42. The van der Waals surface area contributed by atoms with E-state index in [0.29, 0.717) is 44.8 Å². The summed E-state index contributed by atoms with van der Waals surface area (Å²) in [7, 11) is 2.14. The molecule has 4 heterocycles. The monoisotopic (exact) mass is 857 g/mol. The van der Waals surface area contributed by atoms with Crippen LogP contribution >= 0.6 is 11.6 Å². The zero-order valence-electron chi connectivity index (χ0n) is 35.7. The molecule has 2 fully saturated rings. The third-order valence-electron chi connectivity index (χ3n) is 12.9. The minimum absolute atomic E-state index is 0.151. The summed E-state index contributed by atoms with van der Waals surface area (Å²) in [6.07, 6.45) is 6.51. The lowest BCUT2D eigenvalue weighted by molar-refractivity contribution is -0.128. The zero-order chi connectivity index (χ0) is 43.2. The predicted molar refractivity (Wildman–Crippen MR) is 249 cm³/mol. The van der Waals surface area contributed by atoms with E-state index in [4.69, 9.17) is 31.0 Å². The number of halogens is 1. The average molecular weight is 858 g/mol. The first-order chi connectivity index (χ1) is 30.9. The molecule has 3 aliphatic heterocycles. The third kappa shape index (κ3) is 8.74. The molecule has 5 aromatic carbocycles. The van der Waals surface area contributed by atoms with E-state index in [1.807, 2.05) is 71.6 Å². The number of rotatable bonds is 13. The van der Waals surface area contributed by atoms with Gasteiger partial charge in [0.05, 0.1) is 42.4 Å². The number of nitriles is 1. The van der Waals surface area contributed by atoms with Crippen LogP contribution in [-0.4, -0.2) is 90.7 Å². The lowest BCUT2D eigenvalue weighted by Crippen LogP contribution is -2.55. The maximum atomic E-state index is 14.1. The molecular weight excluding hydrogens is 806 g/mol. The van der Waals surface area contributed by atoms with Crippen molar-refractivity contribution in [2.75, 3.05) is 62.8 Å². The first kappa shape index (κ1) is 42.1. The third-order valence-corrected chi connectivity index (χ3v) is 13.2. The second-order valence-corrected chi connectivity index (χ2v) is 17.0. The van der Waals surface area contributed by atoms with Crippen LogP contribution in [-0.2, 0) is 28.1 Å². The van der Waals surface area contributed by atoms with Gasteiger partial charge in [0.15, 0.2) is 0 Å². The van der Waals surface area contributed by atoms with Crippen molar-refractivity contribution < 1.29 is 14.3 Å². The Bertz CT molecular complexity index is 2500. The average Bonchev–Trinajstić information content (AvgIpc) is 3.75. The zero-order valence-corrected chi connectivity index (χ0v) is 36.4. The molecule has 6 aromatic rings. The van der Waals surface area contributed by atoms with E-state index in [1.165, 1.54) is 0 Å². The maximum Gasteiger partial charge on any atom is 0.318 e. The molecule has 63 heavy (non-hydrogen) atoms. The Labute approximate surface area is 374 Å². The molecule has 1 aromatic heterocycles. The number of piperazine rings is 1. The normalized spacial score (nSPS) is 18.1. The van der Waals surface area contributed by atoms with Gasteiger partial charge in [-0.2, -0.15) is 15.2 Å². The van der Waals surface area contributed by atoms with Crippen LogP contribution < -0.4 is 14.5 Å². The van der Waals surface area contributed by atoms with Gasteiger partial charge in [-0.15, -0.1) is 0 Å². The van der Waals surface area contributed by atoms with Gasteiger partial charge in [0.25, 0.3) is 0 Å². The van der Waals surface area contributed by atoms with Gasteiger partial charge in [0, 0.05) is 54.9 Å². The largest absolute Gasteiger partial charge is 0.462 e. The molecule has 1 unspecified atom stereocenters. The topological polar surface area (TPSA) is 98.1 Å². The Balaban J connectivity index is 0.955. The summed E-state index contributed by atoms with van der Waals surface area (Å²) in [4.78, 5) is 32.9. The molecule has 2 saturated heterocycles. The minimum atomic E-state index is -0.905. The second kappa shape index (κ2) is 19.0. The van der Waals surface area contributed by atoms with E-state index >= 15 is 0 Å². The first-order valence-electron chi connectivity index (χ1n) is 22.0. The molecule has 3 aliphatic rings. The van der Waals surface area contributed by atoms with Crippen LogP contribution in [0.1, 0.15) is 47.2 Å². The number of benzene rings is 5. The van der Waals surface area contributed by atoms with E-state index in [-0.39, 0.29) is 25.0 Å². The summed E-state index contributed by atoms with van der Waals surface area (Å²) in [6.45, 7) is 4.51. The van der Waals surface area contributed by atoms with Gasteiger partial charge in [0.2, 0.25) is 5.91 Å². The number of carbonyl (C=O) groups excluding carboxylic acids is 1. The van der Waals surface area contributed by atoms with Crippen LogP contribution in [0.15, 0.2) is 140 Å². The number of aromatic nitrogens is 2. The van der Waals surface area contributed by atoms with Gasteiger partial charge in [-0.25, -0.2) is 0 Å². The van der Waals surface area contributed by atoms with Crippen molar-refractivity contribution in [3.8, 4) is 12.1 Å². The Hall–Kier alpha value is -6.25. The van der Waals surface area contributed by atoms with Gasteiger partial charge < -0.3 is 29.1 Å². The van der Waals surface area contributed by atoms with E-state index in [1.54, 1.807) is 12.2 Å². The molecule has 0 saturated carbocycles. The van der Waals surface area contributed by atoms with Crippen LogP contribution in [0.2, 0.25) is 5.02 Å². The molecule has 0 bridgehead atoms. The minimum Gasteiger partial charge on any atom is -0.462 e. The summed E-state index contributed by atoms with van der Waals surface area (Å²) >= 11 is 6.80. The summed E-state index contributed by atoms with van der Waals surface area (Å²) in [5, 5.41) is 12.9. The van der Waals surface area contributed by atoms with E-state index in [2.05, 4.69) is 88.5 Å². The smallest absolute Gasteiger partial charge is 0.318 e. The van der Waals surface area contributed by atoms with Crippen LogP contribution in [0.5, 0.6) is 6.01 Å². The Kier molecular flexibility index (Phi) is 12.7. The number of nitrogens with zero attached hydrogens (tertiary/aromatic N) is 7. The number of anilines is 2. The fourth-order valence-corrected chi connectivity index (χ4v) is 9.90. The number of likely N-dealkylation sites (N-methyl/N-ethyl adjacent to an activating group) is 1. The van der Waals surface area contributed by atoms with Crippen LogP contribution in [0.4, 0.5) is 11.5 Å². The number of amides is 1. The van der Waals surface area contributed by atoms with Crippen molar-refractivity contribution in [1.29, 1.82) is 5.26 Å². The van der Waals surface area contributed by atoms with Gasteiger partial charge in [-0.1, -0.05) is 133 Å². The lowest BCUT2D eigenvalue weighted by atomic mass is 9.80. The predicted octanol–water partition coefficient (Wildman–Crippen LogP) is 8.81. The second-order valence-electron chi connectivity index (χ2n) is 16.6. The molecule has 320 valence electrons. The number of fused-ring (bicyclic) bond motifs is 2. The Morgan fingerprint density at radius 3 is 2.16 bits per heavy atom. The highest BCUT2D eigenvalue weighted by Crippen LogP contribution is 2.41. The Morgan fingerprint density at radius 2 is 1.51 bits per heavy atom. The number of hydrogen-bond donors (Lipinski definition) is 0. The van der Waals surface area contributed by atoms with E-state index in [9.17, 15) is 10.1 Å². The molecule has 0 radical (unpaired) electrons. The summed E-state index contributed by atoms with van der Waals surface area (Å²) in [6, 6.07) is 45.6. The van der Waals surface area contributed by atoms with Gasteiger partial charge in [0.1, 0.15) is 18.0 Å². The summed E-state index contributed by atoms with van der Waals surface area (Å²) < 4.78 is 13.3. The van der Waals surface area contributed by atoms with Crippen molar-refractivity contribution in [2.45, 2.75) is 49.9 Å². The van der Waals surface area contributed by atoms with Gasteiger partial charge >= 0.3 is 6.01 Å². The van der Waals surface area contributed by atoms with Gasteiger partial charge in [-0.05, 0) is 67.1 Å². The molecule has 11 heteroatoms. The van der Waals surface area contributed by atoms with Crippen LogP contribution in [0.25, 0.3) is 10.8 Å². The summed E-state index contributed by atoms with van der Waals surface area (Å²) in [5.74, 6) is 0.672. The van der Waals surface area contributed by atoms with E-state index < -0.39 is 5.60 Å². The van der Waals surface area contributed by atoms with Crippen molar-refractivity contribution in [1.82, 2.24) is 19.8 Å². The van der Waals surface area contributed by atoms with Crippen LogP contribution in [0.3, 0.4) is 0 Å². The fourth-order valence-electron chi connectivity index (χ4n) is 9.62. The van der Waals surface area contributed by atoms with Crippen molar-refractivity contribution >= 4 is 39.8 Å².